The van der Waals surface area contributed by atoms with Gasteiger partial charge in [0.1, 0.15) is 0 Å². The van der Waals surface area contributed by atoms with Gasteiger partial charge in [-0.15, -0.1) is 0 Å². The van der Waals surface area contributed by atoms with E-state index in [0.717, 1.165) is 19.3 Å². The quantitative estimate of drug-likeness (QED) is 0.113. The minimum atomic E-state index is 0.104. The van der Waals surface area contributed by atoms with Crippen LogP contribution in [0.4, 0.5) is 0 Å². The van der Waals surface area contributed by atoms with Crippen molar-refractivity contribution in [1.82, 2.24) is 0 Å². The first-order chi connectivity index (χ1) is 25.3. The van der Waals surface area contributed by atoms with Crippen LogP contribution in [0.2, 0.25) is 0 Å². The highest BCUT2D eigenvalue weighted by Crippen LogP contribution is 2.46. The Hall–Kier alpha value is -4.68. The Labute approximate surface area is 312 Å². The lowest BCUT2D eigenvalue weighted by Crippen LogP contribution is -2.10. The number of aryl methyl sites for hydroxylation is 3. The molecule has 0 aromatic heterocycles. The molecule has 0 unspecified atom stereocenters. The Morgan fingerprint density at radius 2 is 0.769 bits per heavy atom. The maximum Gasteiger partial charge on any atom is -0.00139 e. The Morgan fingerprint density at radius 3 is 1.27 bits per heavy atom. The van der Waals surface area contributed by atoms with Crippen LogP contribution in [0.15, 0.2) is 121 Å². The molecule has 7 aromatic rings. The molecule has 264 valence electrons. The lowest BCUT2D eigenvalue weighted by molar-refractivity contribution is 0.590. The molecule has 0 atom stereocenters. The Kier molecular flexibility index (Phi) is 10.7. The molecule has 0 aliphatic heterocycles. The number of hydrogen-bond acceptors (Lipinski definition) is 0. The van der Waals surface area contributed by atoms with Crippen molar-refractivity contribution in [1.29, 1.82) is 0 Å². The molecule has 0 fully saturated rings. The van der Waals surface area contributed by atoms with Crippen LogP contribution in [-0.2, 0) is 24.7 Å². The van der Waals surface area contributed by atoms with E-state index in [1.54, 1.807) is 0 Å². The van der Waals surface area contributed by atoms with Crippen LogP contribution in [-0.4, -0.2) is 0 Å². The average Bonchev–Trinajstić information content (AvgIpc) is 3.18. The second-order valence-electron chi connectivity index (χ2n) is 16.1. The molecule has 0 aliphatic carbocycles. The minimum absolute atomic E-state index is 0.104. The summed E-state index contributed by atoms with van der Waals surface area (Å²) in [6.45, 7) is 13.7. The minimum Gasteiger partial charge on any atom is -0.0654 e. The molecule has 0 bridgehead atoms. The molecule has 0 spiro atoms. The van der Waals surface area contributed by atoms with E-state index in [1.165, 1.54) is 126 Å². The van der Waals surface area contributed by atoms with Gasteiger partial charge in [-0.05, 0) is 138 Å². The largest absolute Gasteiger partial charge is 0.0654 e. The predicted octanol–water partition coefficient (Wildman–Crippen LogP) is 15.5. The summed E-state index contributed by atoms with van der Waals surface area (Å²) in [6.07, 6.45) is 10.7. The van der Waals surface area contributed by atoms with Crippen molar-refractivity contribution in [2.45, 2.75) is 105 Å². The van der Waals surface area contributed by atoms with Gasteiger partial charge in [0.15, 0.2) is 0 Å². The zero-order valence-corrected chi connectivity index (χ0v) is 32.4. The van der Waals surface area contributed by atoms with Gasteiger partial charge in [0.25, 0.3) is 0 Å². The number of benzene rings is 7. The van der Waals surface area contributed by atoms with E-state index in [1.807, 2.05) is 0 Å². The van der Waals surface area contributed by atoms with Crippen molar-refractivity contribution in [3.8, 4) is 33.4 Å². The first kappa shape index (κ1) is 35.7. The Bertz CT molecular complexity index is 2290. The topological polar surface area (TPSA) is 0 Å². The molecule has 0 nitrogen and oxygen atoms in total. The molecule has 0 radical (unpaired) electrons. The van der Waals surface area contributed by atoms with Gasteiger partial charge in [0.2, 0.25) is 0 Å². The summed E-state index contributed by atoms with van der Waals surface area (Å²) in [5.74, 6) is 0. The third-order valence-corrected chi connectivity index (χ3v) is 11.2. The molecule has 7 rings (SSSR count). The first-order valence-corrected chi connectivity index (χ1v) is 20.0. The van der Waals surface area contributed by atoms with Gasteiger partial charge in [0, 0.05) is 0 Å². The predicted molar refractivity (Wildman–Crippen MR) is 230 cm³/mol. The van der Waals surface area contributed by atoms with Crippen LogP contribution in [0.5, 0.6) is 0 Å². The van der Waals surface area contributed by atoms with Gasteiger partial charge < -0.3 is 0 Å². The van der Waals surface area contributed by atoms with Crippen LogP contribution in [0, 0.1) is 0 Å². The lowest BCUT2D eigenvalue weighted by Gasteiger charge is -2.21. The monoisotopic (exact) mass is 680 g/mol. The first-order valence-electron chi connectivity index (χ1n) is 20.0. The van der Waals surface area contributed by atoms with E-state index in [2.05, 4.69) is 163 Å². The summed E-state index contributed by atoms with van der Waals surface area (Å²) in [5, 5.41) is 8.08. The van der Waals surface area contributed by atoms with Gasteiger partial charge in [-0.1, -0.05) is 176 Å². The van der Waals surface area contributed by atoms with Gasteiger partial charge in [-0.25, -0.2) is 0 Å². The Morgan fingerprint density at radius 1 is 0.365 bits per heavy atom. The van der Waals surface area contributed by atoms with Crippen LogP contribution >= 0.6 is 0 Å². The van der Waals surface area contributed by atoms with E-state index >= 15 is 0 Å². The highest BCUT2D eigenvalue weighted by Gasteiger charge is 2.20. The molecule has 0 heteroatoms. The number of hydrogen-bond donors (Lipinski definition) is 0. The molecule has 0 saturated carbocycles. The second-order valence-corrected chi connectivity index (χ2v) is 16.1. The second kappa shape index (κ2) is 15.5. The fraction of sp³-hybridized carbons (Fsp3) is 0.308. The maximum absolute atomic E-state index is 2.52. The average molecular weight is 681 g/mol. The molecular weight excluding hydrogens is 625 g/mol. The summed E-state index contributed by atoms with van der Waals surface area (Å²) in [5.41, 5.74) is 13.5. The summed E-state index contributed by atoms with van der Waals surface area (Å²) >= 11 is 0. The molecule has 0 saturated heterocycles. The van der Waals surface area contributed by atoms with Crippen LogP contribution in [0.25, 0.3) is 65.7 Å². The molecule has 52 heavy (non-hydrogen) atoms. The van der Waals surface area contributed by atoms with Crippen molar-refractivity contribution in [2.24, 2.45) is 0 Å². The molecule has 7 aromatic carbocycles. The highest BCUT2D eigenvalue weighted by atomic mass is 14.2. The zero-order chi connectivity index (χ0) is 36.2. The van der Waals surface area contributed by atoms with E-state index in [0.29, 0.717) is 0 Å². The van der Waals surface area contributed by atoms with Crippen molar-refractivity contribution >= 4 is 32.3 Å². The standard InChI is InChI=1S/C52H56/c1-7-10-13-36-16-21-39(22-17-36)42-27-31-47-46-30-20-38(15-12-9-3)34-48(46)50-44(40-23-18-37(19-24-40)14-11-8-2)32-33-45(51(50)49(47)35-42)41-25-28-43(29-26-41)52(4,5)6/h16-35H,7-15H2,1-6H3. The third kappa shape index (κ3) is 7.31. The summed E-state index contributed by atoms with van der Waals surface area (Å²) in [7, 11) is 0. The van der Waals surface area contributed by atoms with Gasteiger partial charge in [-0.3, -0.25) is 0 Å². The molecule has 0 heterocycles. The third-order valence-electron chi connectivity index (χ3n) is 11.2. The van der Waals surface area contributed by atoms with Crippen LogP contribution in [0.3, 0.4) is 0 Å². The fourth-order valence-corrected chi connectivity index (χ4v) is 8.00. The van der Waals surface area contributed by atoms with Crippen LogP contribution in [0.1, 0.15) is 102 Å². The highest BCUT2D eigenvalue weighted by molar-refractivity contribution is 6.31. The molecular formula is C52H56. The smallest absolute Gasteiger partial charge is 0.00139 e. The summed E-state index contributed by atoms with van der Waals surface area (Å²) < 4.78 is 0. The van der Waals surface area contributed by atoms with Crippen LogP contribution < -0.4 is 0 Å². The molecule has 0 amide bonds. The summed E-state index contributed by atoms with van der Waals surface area (Å²) in [4.78, 5) is 0. The lowest BCUT2D eigenvalue weighted by atomic mass is 9.82. The van der Waals surface area contributed by atoms with Crippen molar-refractivity contribution in [3.63, 3.8) is 0 Å². The van der Waals surface area contributed by atoms with Crippen molar-refractivity contribution < 1.29 is 0 Å². The van der Waals surface area contributed by atoms with Gasteiger partial charge in [-0.2, -0.15) is 0 Å². The normalized spacial score (nSPS) is 12.0. The number of rotatable bonds is 12. The maximum atomic E-state index is 2.52. The Balaban J connectivity index is 1.55. The van der Waals surface area contributed by atoms with E-state index < -0.39 is 0 Å². The SMILES string of the molecule is CCCCc1ccc(-c2ccc3c4ccc(CCCC)cc4c4c(-c5ccc(CCCC)cc5)ccc(-c5ccc(C(C)(C)C)cc5)c4c3c2)cc1. The summed E-state index contributed by atoms with van der Waals surface area (Å²) in [6, 6.07) is 47.4. The van der Waals surface area contributed by atoms with E-state index in [9.17, 15) is 0 Å². The van der Waals surface area contributed by atoms with Gasteiger partial charge in [0.05, 0.1) is 0 Å². The van der Waals surface area contributed by atoms with Crippen molar-refractivity contribution in [2.75, 3.05) is 0 Å². The zero-order valence-electron chi connectivity index (χ0n) is 32.4. The van der Waals surface area contributed by atoms with Gasteiger partial charge >= 0.3 is 0 Å². The number of unbranched alkanes of at least 4 members (excludes halogenated alkanes) is 3. The molecule has 0 aliphatic rings. The van der Waals surface area contributed by atoms with Crippen molar-refractivity contribution in [3.05, 3.63) is 144 Å². The molecule has 0 N–H and O–H groups in total. The fourth-order valence-electron chi connectivity index (χ4n) is 8.00. The number of fused-ring (bicyclic) bond motifs is 6. The van der Waals surface area contributed by atoms with E-state index in [-0.39, 0.29) is 5.41 Å². The van der Waals surface area contributed by atoms with E-state index in [4.69, 9.17) is 0 Å².